The summed E-state index contributed by atoms with van der Waals surface area (Å²) in [5.74, 6) is 0.121. The van der Waals surface area contributed by atoms with Crippen LogP contribution in [0.25, 0.3) is 0 Å². The molecule has 20 heavy (non-hydrogen) atoms. The molecule has 0 saturated carbocycles. The number of aryl methyl sites for hydroxylation is 1. The summed E-state index contributed by atoms with van der Waals surface area (Å²) in [6.45, 7) is 4.72. The number of carbonyl (C=O) groups excluding carboxylic acids is 1. The zero-order valence-electron chi connectivity index (χ0n) is 11.8. The van der Waals surface area contributed by atoms with E-state index < -0.39 is 0 Å². The lowest BCUT2D eigenvalue weighted by atomic mass is 10.1. The maximum Gasteiger partial charge on any atom is 0.231 e. The summed E-state index contributed by atoms with van der Waals surface area (Å²) >= 11 is 3.44. The lowest BCUT2D eigenvalue weighted by Gasteiger charge is -2.21. The Kier molecular flexibility index (Phi) is 4.96. The summed E-state index contributed by atoms with van der Waals surface area (Å²) in [7, 11) is 0. The predicted octanol–water partition coefficient (Wildman–Crippen LogP) is 4.35. The molecule has 2 aromatic rings. The Morgan fingerprint density at radius 2 is 1.90 bits per heavy atom. The van der Waals surface area contributed by atoms with Crippen LogP contribution < -0.4 is 4.90 Å². The van der Waals surface area contributed by atoms with Gasteiger partial charge in [-0.3, -0.25) is 4.79 Å². The first kappa shape index (κ1) is 14.8. The molecule has 0 atom stereocenters. The van der Waals surface area contributed by atoms with Gasteiger partial charge >= 0.3 is 0 Å². The van der Waals surface area contributed by atoms with E-state index in [9.17, 15) is 4.79 Å². The van der Waals surface area contributed by atoms with Crippen molar-refractivity contribution >= 4 is 27.5 Å². The van der Waals surface area contributed by atoms with Crippen LogP contribution in [-0.4, -0.2) is 12.5 Å². The van der Waals surface area contributed by atoms with Crippen LogP contribution in [0.2, 0.25) is 0 Å². The molecule has 1 amide bonds. The number of amides is 1. The van der Waals surface area contributed by atoms with Crippen LogP contribution in [0.4, 0.5) is 5.69 Å². The van der Waals surface area contributed by atoms with Crippen LogP contribution in [0.3, 0.4) is 0 Å². The number of likely N-dealkylation sites (N-methyl/N-ethyl adjacent to an activating group) is 1. The highest BCUT2D eigenvalue weighted by Crippen LogP contribution is 2.18. The highest BCUT2D eigenvalue weighted by Gasteiger charge is 2.14. The topological polar surface area (TPSA) is 20.3 Å². The summed E-state index contributed by atoms with van der Waals surface area (Å²) in [6, 6.07) is 15.9. The molecule has 2 aromatic carbocycles. The van der Waals surface area contributed by atoms with Crippen molar-refractivity contribution in [3.05, 3.63) is 64.1 Å². The van der Waals surface area contributed by atoms with Crippen molar-refractivity contribution in [2.24, 2.45) is 0 Å². The van der Waals surface area contributed by atoms with E-state index in [0.717, 1.165) is 21.3 Å². The SMILES string of the molecule is CCN(C(=O)Cc1cccc(Br)c1)c1cccc(C)c1. The van der Waals surface area contributed by atoms with Gasteiger partial charge < -0.3 is 4.90 Å². The molecule has 104 valence electrons. The van der Waals surface area contributed by atoms with Gasteiger partial charge in [-0.1, -0.05) is 40.2 Å². The minimum atomic E-state index is 0.121. The normalized spacial score (nSPS) is 10.3. The third-order valence-electron chi connectivity index (χ3n) is 3.17. The van der Waals surface area contributed by atoms with Crippen molar-refractivity contribution < 1.29 is 4.79 Å². The van der Waals surface area contributed by atoms with Crippen LogP contribution in [0.5, 0.6) is 0 Å². The smallest absolute Gasteiger partial charge is 0.231 e. The molecule has 2 nitrogen and oxygen atoms in total. The van der Waals surface area contributed by atoms with Gasteiger partial charge in [0.1, 0.15) is 0 Å². The van der Waals surface area contributed by atoms with E-state index in [1.54, 1.807) is 0 Å². The van der Waals surface area contributed by atoms with E-state index in [1.165, 1.54) is 0 Å². The van der Waals surface area contributed by atoms with Gasteiger partial charge in [0, 0.05) is 16.7 Å². The van der Waals surface area contributed by atoms with Crippen LogP contribution >= 0.6 is 15.9 Å². The number of hydrogen-bond donors (Lipinski definition) is 0. The second-order valence-electron chi connectivity index (χ2n) is 4.78. The second-order valence-corrected chi connectivity index (χ2v) is 5.70. The standard InChI is InChI=1S/C17H18BrNO/c1-3-19(16-9-4-6-13(2)10-16)17(20)12-14-7-5-8-15(18)11-14/h4-11H,3,12H2,1-2H3. The molecule has 0 saturated heterocycles. The van der Waals surface area contributed by atoms with Crippen LogP contribution in [0.15, 0.2) is 53.0 Å². The molecular weight excluding hydrogens is 314 g/mol. The Hall–Kier alpha value is -1.61. The number of anilines is 1. The average Bonchev–Trinajstić information content (AvgIpc) is 2.39. The molecule has 0 heterocycles. The molecule has 0 fully saturated rings. The van der Waals surface area contributed by atoms with Gasteiger partial charge in [-0.2, -0.15) is 0 Å². The molecule has 0 aromatic heterocycles. The van der Waals surface area contributed by atoms with Crippen molar-refractivity contribution in [1.82, 2.24) is 0 Å². The zero-order valence-corrected chi connectivity index (χ0v) is 13.4. The van der Waals surface area contributed by atoms with Gasteiger partial charge in [-0.15, -0.1) is 0 Å². The molecule has 2 rings (SSSR count). The van der Waals surface area contributed by atoms with E-state index in [2.05, 4.69) is 15.9 Å². The van der Waals surface area contributed by atoms with Gasteiger partial charge in [-0.05, 0) is 49.2 Å². The summed E-state index contributed by atoms with van der Waals surface area (Å²) in [5, 5.41) is 0. The number of hydrogen-bond acceptors (Lipinski definition) is 1. The third kappa shape index (κ3) is 3.70. The Bertz CT molecular complexity index is 609. The van der Waals surface area contributed by atoms with Crippen molar-refractivity contribution in [3.8, 4) is 0 Å². The quantitative estimate of drug-likeness (QED) is 0.815. The predicted molar refractivity (Wildman–Crippen MR) is 87.1 cm³/mol. The molecule has 0 radical (unpaired) electrons. The largest absolute Gasteiger partial charge is 0.312 e. The van der Waals surface area contributed by atoms with E-state index in [0.29, 0.717) is 13.0 Å². The van der Waals surface area contributed by atoms with Crippen LogP contribution in [0.1, 0.15) is 18.1 Å². The summed E-state index contributed by atoms with van der Waals surface area (Å²) in [6.07, 6.45) is 0.418. The second kappa shape index (κ2) is 6.71. The maximum atomic E-state index is 12.5. The third-order valence-corrected chi connectivity index (χ3v) is 3.67. The first-order chi connectivity index (χ1) is 9.60. The zero-order chi connectivity index (χ0) is 14.5. The monoisotopic (exact) mass is 331 g/mol. The molecule has 3 heteroatoms. The fourth-order valence-electron chi connectivity index (χ4n) is 2.22. The Balaban J connectivity index is 2.17. The first-order valence-corrected chi connectivity index (χ1v) is 7.51. The Morgan fingerprint density at radius 3 is 2.55 bits per heavy atom. The van der Waals surface area contributed by atoms with Crippen LogP contribution in [0, 0.1) is 6.92 Å². The Labute approximate surface area is 128 Å². The molecule has 0 spiro atoms. The minimum Gasteiger partial charge on any atom is -0.312 e. The first-order valence-electron chi connectivity index (χ1n) is 6.71. The summed E-state index contributed by atoms with van der Waals surface area (Å²) in [5.41, 5.74) is 3.15. The minimum absolute atomic E-state index is 0.121. The average molecular weight is 332 g/mol. The van der Waals surface area contributed by atoms with E-state index in [4.69, 9.17) is 0 Å². The van der Waals surface area contributed by atoms with Gasteiger partial charge in [0.2, 0.25) is 5.91 Å². The van der Waals surface area contributed by atoms with E-state index in [-0.39, 0.29) is 5.91 Å². The van der Waals surface area contributed by atoms with Crippen molar-refractivity contribution in [2.45, 2.75) is 20.3 Å². The molecular formula is C17H18BrNO. The Morgan fingerprint density at radius 1 is 1.15 bits per heavy atom. The molecule has 0 N–H and O–H groups in total. The van der Waals surface area contributed by atoms with E-state index >= 15 is 0 Å². The molecule has 0 aliphatic carbocycles. The number of benzene rings is 2. The number of nitrogens with zero attached hydrogens (tertiary/aromatic N) is 1. The van der Waals surface area contributed by atoms with E-state index in [1.807, 2.05) is 67.3 Å². The number of rotatable bonds is 4. The number of carbonyl (C=O) groups is 1. The molecule has 0 aliphatic heterocycles. The van der Waals surface area contributed by atoms with Crippen molar-refractivity contribution in [2.75, 3.05) is 11.4 Å². The highest BCUT2D eigenvalue weighted by molar-refractivity contribution is 9.10. The van der Waals surface area contributed by atoms with Gasteiger partial charge in [-0.25, -0.2) is 0 Å². The molecule has 0 aliphatic rings. The molecule has 0 bridgehead atoms. The van der Waals surface area contributed by atoms with Gasteiger partial charge in [0.05, 0.1) is 6.42 Å². The van der Waals surface area contributed by atoms with Gasteiger partial charge in [0.15, 0.2) is 0 Å². The summed E-state index contributed by atoms with van der Waals surface area (Å²) < 4.78 is 1.00. The lowest BCUT2D eigenvalue weighted by molar-refractivity contribution is -0.117. The lowest BCUT2D eigenvalue weighted by Crippen LogP contribution is -2.32. The fourth-order valence-corrected chi connectivity index (χ4v) is 2.66. The van der Waals surface area contributed by atoms with Crippen molar-refractivity contribution in [1.29, 1.82) is 0 Å². The summed E-state index contributed by atoms with van der Waals surface area (Å²) in [4.78, 5) is 14.3. The van der Waals surface area contributed by atoms with Gasteiger partial charge in [0.25, 0.3) is 0 Å². The van der Waals surface area contributed by atoms with Crippen molar-refractivity contribution in [3.63, 3.8) is 0 Å². The number of halogens is 1. The highest BCUT2D eigenvalue weighted by atomic mass is 79.9. The fraction of sp³-hybridized carbons (Fsp3) is 0.235. The molecule has 0 unspecified atom stereocenters. The van der Waals surface area contributed by atoms with Crippen LogP contribution in [-0.2, 0) is 11.2 Å². The maximum absolute atomic E-state index is 12.5.